The Kier molecular flexibility index (Phi) is 12.6. The number of allylic oxidation sites excluding steroid dienone is 6. The van der Waals surface area contributed by atoms with Crippen molar-refractivity contribution in [1.29, 1.82) is 0 Å². The van der Waals surface area contributed by atoms with Gasteiger partial charge in [-0.2, -0.15) is 0 Å². The van der Waals surface area contributed by atoms with Gasteiger partial charge in [-0.05, 0) is 25.7 Å². The Bertz CT molecular complexity index is 242. The molecule has 1 rings (SSSR count). The molecule has 0 nitrogen and oxygen atoms in total. The van der Waals surface area contributed by atoms with E-state index in [2.05, 4.69) is 36.5 Å². The molecule has 0 N–H and O–H groups in total. The van der Waals surface area contributed by atoms with Crippen LogP contribution in [-0.2, 0) is 0 Å². The number of hydrogen-bond acceptors (Lipinski definition) is 0. The Morgan fingerprint density at radius 2 is 0.600 bits per heavy atom. The van der Waals surface area contributed by atoms with Gasteiger partial charge in [-0.15, -0.1) is 0 Å². The zero-order chi connectivity index (χ0) is 14.1. The number of hydrogen-bond donors (Lipinski definition) is 0. The van der Waals surface area contributed by atoms with E-state index < -0.39 is 0 Å². The Labute approximate surface area is 127 Å². The predicted octanol–water partition coefficient (Wildman–Crippen LogP) is 7.13. The molecule has 0 aliphatic heterocycles. The highest BCUT2D eigenvalue weighted by molar-refractivity contribution is 5.10. The van der Waals surface area contributed by atoms with E-state index in [0.717, 1.165) is 0 Å². The van der Waals surface area contributed by atoms with Gasteiger partial charge in [0.2, 0.25) is 0 Å². The van der Waals surface area contributed by atoms with Crippen LogP contribution >= 0.6 is 0 Å². The standard InChI is InChI=1S/C20H34/c1-2-4-6-8-10-12-14-16-18-20-19-17-15-13-11-9-7-5-3-1/h1-6H,7-20H2/b2-1-,5-3+,6-4?. The molecule has 0 atom stereocenters. The first kappa shape index (κ1) is 17.3. The third-order valence-corrected chi connectivity index (χ3v) is 4.10. The molecule has 0 fully saturated rings. The zero-order valence-electron chi connectivity index (χ0n) is 13.4. The van der Waals surface area contributed by atoms with E-state index in [1.165, 1.54) is 89.9 Å². The van der Waals surface area contributed by atoms with Crippen LogP contribution in [0.3, 0.4) is 0 Å². The first-order chi connectivity index (χ1) is 10.0. The van der Waals surface area contributed by atoms with E-state index in [4.69, 9.17) is 0 Å². The highest BCUT2D eigenvalue weighted by atomic mass is 14.0. The second-order valence-corrected chi connectivity index (χ2v) is 6.06. The molecule has 0 radical (unpaired) electrons. The molecule has 1 aliphatic carbocycles. The molecule has 0 unspecified atom stereocenters. The van der Waals surface area contributed by atoms with Crippen LogP contribution in [-0.4, -0.2) is 0 Å². The van der Waals surface area contributed by atoms with Crippen LogP contribution in [0.2, 0.25) is 0 Å². The Hall–Kier alpha value is -0.780. The fourth-order valence-electron chi connectivity index (χ4n) is 2.77. The molecule has 1 aliphatic rings. The normalized spacial score (nSPS) is 24.8. The van der Waals surface area contributed by atoms with Crippen molar-refractivity contribution in [2.45, 2.75) is 89.9 Å². The molecular weight excluding hydrogens is 240 g/mol. The Balaban J connectivity index is 2.18. The van der Waals surface area contributed by atoms with Gasteiger partial charge in [-0.3, -0.25) is 0 Å². The molecule has 0 saturated carbocycles. The van der Waals surface area contributed by atoms with Crippen LogP contribution in [0.25, 0.3) is 0 Å². The molecule has 0 aromatic rings. The fraction of sp³-hybridized carbons (Fsp3) is 0.700. The molecule has 0 bridgehead atoms. The Morgan fingerprint density at radius 1 is 0.300 bits per heavy atom. The van der Waals surface area contributed by atoms with Crippen LogP contribution in [0, 0.1) is 0 Å². The van der Waals surface area contributed by atoms with Crippen molar-refractivity contribution >= 4 is 0 Å². The van der Waals surface area contributed by atoms with Gasteiger partial charge < -0.3 is 0 Å². The molecule has 20 heavy (non-hydrogen) atoms. The average Bonchev–Trinajstić information content (AvgIpc) is 2.46. The summed E-state index contributed by atoms with van der Waals surface area (Å²) in [6, 6.07) is 0. The van der Waals surface area contributed by atoms with Crippen molar-refractivity contribution < 1.29 is 0 Å². The summed E-state index contributed by atoms with van der Waals surface area (Å²) in [6.07, 6.45) is 33.0. The minimum atomic E-state index is 1.24. The lowest BCUT2D eigenvalue weighted by Gasteiger charge is -2.02. The SMILES string of the molecule is C1=CCCCCCCCCCCCCCC/C=C/C=C\1. The zero-order valence-corrected chi connectivity index (χ0v) is 13.4. The lowest BCUT2D eigenvalue weighted by molar-refractivity contribution is 0.542. The molecular formula is C20H34. The topological polar surface area (TPSA) is 0 Å². The summed E-state index contributed by atoms with van der Waals surface area (Å²) in [5.74, 6) is 0. The summed E-state index contributed by atoms with van der Waals surface area (Å²) in [5.41, 5.74) is 0. The minimum absolute atomic E-state index is 1.24. The summed E-state index contributed by atoms with van der Waals surface area (Å²) < 4.78 is 0. The summed E-state index contributed by atoms with van der Waals surface area (Å²) in [7, 11) is 0. The van der Waals surface area contributed by atoms with Crippen molar-refractivity contribution in [1.82, 2.24) is 0 Å². The summed E-state index contributed by atoms with van der Waals surface area (Å²) >= 11 is 0. The first-order valence-corrected chi connectivity index (χ1v) is 8.98. The van der Waals surface area contributed by atoms with Crippen molar-refractivity contribution in [2.24, 2.45) is 0 Å². The molecule has 0 heteroatoms. The average molecular weight is 274 g/mol. The molecule has 0 saturated heterocycles. The molecule has 114 valence electrons. The van der Waals surface area contributed by atoms with Gasteiger partial charge >= 0.3 is 0 Å². The number of rotatable bonds is 0. The minimum Gasteiger partial charge on any atom is -0.0845 e. The van der Waals surface area contributed by atoms with Crippen LogP contribution in [0.4, 0.5) is 0 Å². The lowest BCUT2D eigenvalue weighted by Crippen LogP contribution is -1.83. The highest BCUT2D eigenvalue weighted by Gasteiger charge is 1.93. The molecule has 0 heterocycles. The van der Waals surface area contributed by atoms with Gasteiger partial charge in [0, 0.05) is 0 Å². The summed E-state index contributed by atoms with van der Waals surface area (Å²) in [4.78, 5) is 0. The monoisotopic (exact) mass is 274 g/mol. The van der Waals surface area contributed by atoms with Crippen LogP contribution < -0.4 is 0 Å². The van der Waals surface area contributed by atoms with E-state index in [9.17, 15) is 0 Å². The van der Waals surface area contributed by atoms with Gasteiger partial charge in [0.05, 0.1) is 0 Å². The lowest BCUT2D eigenvalue weighted by atomic mass is 10.0. The maximum atomic E-state index is 2.31. The third-order valence-electron chi connectivity index (χ3n) is 4.10. The van der Waals surface area contributed by atoms with E-state index in [1.807, 2.05) is 0 Å². The summed E-state index contributed by atoms with van der Waals surface area (Å²) in [6.45, 7) is 0. The molecule has 0 aromatic heterocycles. The maximum absolute atomic E-state index is 2.31. The van der Waals surface area contributed by atoms with Gasteiger partial charge in [0.25, 0.3) is 0 Å². The fourth-order valence-corrected chi connectivity index (χ4v) is 2.77. The molecule has 0 spiro atoms. The largest absolute Gasteiger partial charge is 0.0845 e. The van der Waals surface area contributed by atoms with Gasteiger partial charge in [-0.1, -0.05) is 101 Å². The quantitative estimate of drug-likeness (QED) is 0.440. The third kappa shape index (κ3) is 12.3. The van der Waals surface area contributed by atoms with Crippen molar-refractivity contribution in [2.75, 3.05) is 0 Å². The van der Waals surface area contributed by atoms with Crippen LogP contribution in [0.1, 0.15) is 89.9 Å². The maximum Gasteiger partial charge on any atom is -0.0348 e. The van der Waals surface area contributed by atoms with Crippen molar-refractivity contribution in [3.63, 3.8) is 0 Å². The first-order valence-electron chi connectivity index (χ1n) is 8.98. The van der Waals surface area contributed by atoms with Gasteiger partial charge in [0.1, 0.15) is 0 Å². The van der Waals surface area contributed by atoms with Crippen LogP contribution in [0.15, 0.2) is 36.5 Å². The smallest absolute Gasteiger partial charge is 0.0348 e. The van der Waals surface area contributed by atoms with Gasteiger partial charge in [0.15, 0.2) is 0 Å². The van der Waals surface area contributed by atoms with Crippen molar-refractivity contribution in [3.8, 4) is 0 Å². The second-order valence-electron chi connectivity index (χ2n) is 6.06. The Morgan fingerprint density at radius 3 is 0.950 bits per heavy atom. The van der Waals surface area contributed by atoms with Crippen LogP contribution in [0.5, 0.6) is 0 Å². The van der Waals surface area contributed by atoms with E-state index in [-0.39, 0.29) is 0 Å². The van der Waals surface area contributed by atoms with Gasteiger partial charge in [-0.25, -0.2) is 0 Å². The predicted molar refractivity (Wildman–Crippen MR) is 92.1 cm³/mol. The van der Waals surface area contributed by atoms with E-state index >= 15 is 0 Å². The highest BCUT2D eigenvalue weighted by Crippen LogP contribution is 2.13. The van der Waals surface area contributed by atoms with Crippen molar-refractivity contribution in [3.05, 3.63) is 36.5 Å². The summed E-state index contributed by atoms with van der Waals surface area (Å²) in [5, 5.41) is 0. The van der Waals surface area contributed by atoms with E-state index in [0.29, 0.717) is 0 Å². The second kappa shape index (κ2) is 14.6. The van der Waals surface area contributed by atoms with E-state index in [1.54, 1.807) is 0 Å². The molecule has 0 aromatic carbocycles. The molecule has 0 amide bonds.